The fraction of sp³-hybridized carbons (Fsp3) is 0.182. The number of nitrogens with zero attached hydrogens (tertiary/aromatic N) is 1. The first-order valence-corrected chi connectivity index (χ1v) is 6.45. The van der Waals surface area contributed by atoms with E-state index in [2.05, 4.69) is 4.99 Å². The normalized spacial score (nSPS) is 17.5. The maximum atomic E-state index is 11.3. The molecule has 90 valence electrons. The Morgan fingerprint density at radius 2 is 2.06 bits per heavy atom. The third-order valence-corrected chi connectivity index (χ3v) is 3.74. The van der Waals surface area contributed by atoms with Crippen LogP contribution in [0.4, 0.5) is 0 Å². The number of para-hydroxylation sites is 2. The molecular weight excluding hydrogens is 242 g/mol. The molecule has 0 bridgehead atoms. The standard InChI is InChI=1S/C11H11NO4S/c1-8-12-9(7-17(8,14)15)6-16-11-5-3-2-4-10(11)13/h2-5,7,13H,6H2,1H3. The van der Waals surface area contributed by atoms with Gasteiger partial charge in [-0.15, -0.1) is 0 Å². The summed E-state index contributed by atoms with van der Waals surface area (Å²) in [5, 5.41) is 10.6. The molecule has 17 heavy (non-hydrogen) atoms. The van der Waals surface area contributed by atoms with E-state index >= 15 is 0 Å². The molecular formula is C11H11NO4S. The molecule has 0 atom stereocenters. The van der Waals surface area contributed by atoms with Crippen molar-refractivity contribution in [1.29, 1.82) is 0 Å². The second kappa shape index (κ2) is 4.21. The molecule has 1 N–H and O–H groups in total. The lowest BCUT2D eigenvalue weighted by Gasteiger charge is -2.06. The molecule has 0 amide bonds. The summed E-state index contributed by atoms with van der Waals surface area (Å²) in [5.74, 6) is 0.306. The highest BCUT2D eigenvalue weighted by atomic mass is 32.2. The second-order valence-electron chi connectivity index (χ2n) is 3.54. The third kappa shape index (κ3) is 2.47. The number of ether oxygens (including phenoxy) is 1. The van der Waals surface area contributed by atoms with Crippen molar-refractivity contribution in [3.63, 3.8) is 0 Å². The van der Waals surface area contributed by atoms with E-state index in [1.165, 1.54) is 13.0 Å². The lowest BCUT2D eigenvalue weighted by molar-refractivity contribution is 0.327. The molecule has 0 aromatic heterocycles. The van der Waals surface area contributed by atoms with Crippen molar-refractivity contribution in [1.82, 2.24) is 0 Å². The van der Waals surface area contributed by atoms with E-state index in [9.17, 15) is 13.5 Å². The van der Waals surface area contributed by atoms with Crippen molar-refractivity contribution >= 4 is 14.9 Å². The topological polar surface area (TPSA) is 76.0 Å². The van der Waals surface area contributed by atoms with Gasteiger partial charge in [-0.1, -0.05) is 12.1 Å². The summed E-state index contributed by atoms with van der Waals surface area (Å²) in [4.78, 5) is 3.87. The second-order valence-corrected chi connectivity index (χ2v) is 5.46. The Bertz CT molecular complexity index is 602. The van der Waals surface area contributed by atoms with Crippen LogP contribution < -0.4 is 4.74 Å². The molecule has 1 aliphatic rings. The van der Waals surface area contributed by atoms with Crippen molar-refractivity contribution in [3.05, 3.63) is 35.4 Å². The smallest absolute Gasteiger partial charge is 0.214 e. The summed E-state index contributed by atoms with van der Waals surface area (Å²) >= 11 is 0. The van der Waals surface area contributed by atoms with Gasteiger partial charge in [0.2, 0.25) is 9.84 Å². The zero-order valence-corrected chi connectivity index (χ0v) is 9.94. The predicted octanol–water partition coefficient (Wildman–Crippen LogP) is 1.46. The average molecular weight is 253 g/mol. The first-order valence-electron chi connectivity index (χ1n) is 4.91. The van der Waals surface area contributed by atoms with E-state index in [4.69, 9.17) is 4.74 Å². The molecule has 5 nitrogen and oxygen atoms in total. The minimum Gasteiger partial charge on any atom is -0.504 e. The van der Waals surface area contributed by atoms with Gasteiger partial charge < -0.3 is 9.84 Å². The van der Waals surface area contributed by atoms with Crippen LogP contribution in [-0.2, 0) is 9.84 Å². The summed E-state index contributed by atoms with van der Waals surface area (Å²) < 4.78 is 27.9. The zero-order valence-electron chi connectivity index (χ0n) is 9.12. The Balaban J connectivity index is 2.09. The highest BCUT2D eigenvalue weighted by Gasteiger charge is 2.20. The summed E-state index contributed by atoms with van der Waals surface area (Å²) in [6.07, 6.45) is 0. The monoisotopic (exact) mass is 253 g/mol. The van der Waals surface area contributed by atoms with E-state index in [0.29, 0.717) is 11.4 Å². The fourth-order valence-electron chi connectivity index (χ4n) is 1.35. The van der Waals surface area contributed by atoms with E-state index in [0.717, 1.165) is 5.41 Å². The number of benzene rings is 1. The van der Waals surface area contributed by atoms with Gasteiger partial charge in [-0.25, -0.2) is 13.4 Å². The fourth-order valence-corrected chi connectivity index (χ4v) is 2.25. The van der Waals surface area contributed by atoms with Crippen molar-refractivity contribution in [2.75, 3.05) is 6.61 Å². The molecule has 2 rings (SSSR count). The van der Waals surface area contributed by atoms with Gasteiger partial charge in [-0.05, 0) is 19.1 Å². The van der Waals surface area contributed by atoms with Crippen LogP contribution in [0.5, 0.6) is 11.5 Å². The van der Waals surface area contributed by atoms with Crippen LogP contribution in [0.3, 0.4) is 0 Å². The minimum atomic E-state index is -3.34. The minimum absolute atomic E-state index is 0.00808. The summed E-state index contributed by atoms with van der Waals surface area (Å²) in [7, 11) is -3.34. The predicted molar refractivity (Wildman–Crippen MR) is 63.7 cm³/mol. The molecule has 0 spiro atoms. The largest absolute Gasteiger partial charge is 0.504 e. The van der Waals surface area contributed by atoms with Crippen LogP contribution in [0.1, 0.15) is 6.92 Å². The van der Waals surface area contributed by atoms with Crippen LogP contribution in [0.2, 0.25) is 0 Å². The highest BCUT2D eigenvalue weighted by Crippen LogP contribution is 2.25. The van der Waals surface area contributed by atoms with Crippen LogP contribution in [0.25, 0.3) is 0 Å². The van der Waals surface area contributed by atoms with Gasteiger partial charge in [0, 0.05) is 0 Å². The molecule has 0 radical (unpaired) electrons. The molecule has 1 aromatic carbocycles. The number of aliphatic imine (C=N–C) groups is 1. The average Bonchev–Trinajstić information content (AvgIpc) is 2.52. The molecule has 0 aliphatic carbocycles. The Hall–Kier alpha value is -1.82. The number of aromatic hydroxyl groups is 1. The Morgan fingerprint density at radius 3 is 2.65 bits per heavy atom. The van der Waals surface area contributed by atoms with Gasteiger partial charge in [0.1, 0.15) is 11.7 Å². The van der Waals surface area contributed by atoms with E-state index < -0.39 is 9.84 Å². The van der Waals surface area contributed by atoms with Crippen LogP contribution in [-0.4, -0.2) is 25.2 Å². The number of phenols is 1. The molecule has 1 heterocycles. The van der Waals surface area contributed by atoms with Gasteiger partial charge in [0.15, 0.2) is 11.5 Å². The lowest BCUT2D eigenvalue weighted by Crippen LogP contribution is -2.01. The molecule has 0 saturated carbocycles. The number of sulfone groups is 1. The third-order valence-electron chi connectivity index (χ3n) is 2.24. The number of hydrogen-bond donors (Lipinski definition) is 1. The number of hydrogen-bond acceptors (Lipinski definition) is 5. The van der Waals surface area contributed by atoms with E-state index in [1.807, 2.05) is 0 Å². The molecule has 6 heteroatoms. The van der Waals surface area contributed by atoms with Crippen LogP contribution in [0, 0.1) is 0 Å². The number of phenolic OH excluding ortho intramolecular Hbond substituents is 1. The van der Waals surface area contributed by atoms with Crippen molar-refractivity contribution in [2.45, 2.75) is 6.92 Å². The maximum Gasteiger partial charge on any atom is 0.214 e. The zero-order chi connectivity index (χ0) is 12.5. The van der Waals surface area contributed by atoms with Crippen molar-refractivity contribution < 1.29 is 18.3 Å². The van der Waals surface area contributed by atoms with E-state index in [-0.39, 0.29) is 17.4 Å². The summed E-state index contributed by atoms with van der Waals surface area (Å²) in [5.41, 5.74) is 0.325. The summed E-state index contributed by atoms with van der Waals surface area (Å²) in [6.45, 7) is 1.44. The highest BCUT2D eigenvalue weighted by molar-refractivity contribution is 8.09. The van der Waals surface area contributed by atoms with Gasteiger partial charge in [-0.2, -0.15) is 0 Å². The quantitative estimate of drug-likeness (QED) is 0.884. The van der Waals surface area contributed by atoms with Crippen molar-refractivity contribution in [2.24, 2.45) is 4.99 Å². The molecule has 0 unspecified atom stereocenters. The van der Waals surface area contributed by atoms with Crippen LogP contribution in [0.15, 0.2) is 40.4 Å². The van der Waals surface area contributed by atoms with Gasteiger partial charge >= 0.3 is 0 Å². The van der Waals surface area contributed by atoms with Crippen LogP contribution >= 0.6 is 0 Å². The maximum absolute atomic E-state index is 11.3. The molecule has 1 aliphatic heterocycles. The van der Waals surface area contributed by atoms with Gasteiger partial charge in [-0.3, -0.25) is 0 Å². The molecule has 0 fully saturated rings. The Labute approximate surface area is 99.0 Å². The lowest BCUT2D eigenvalue weighted by atomic mass is 10.3. The first-order chi connectivity index (χ1) is 7.99. The SMILES string of the molecule is CC1=NC(COc2ccccc2O)=CS1(=O)=O. The number of rotatable bonds is 3. The summed E-state index contributed by atoms with van der Waals surface area (Å²) in [6, 6.07) is 6.46. The van der Waals surface area contributed by atoms with Gasteiger partial charge in [0.25, 0.3) is 0 Å². The Kier molecular flexibility index (Phi) is 2.89. The first kappa shape index (κ1) is 11.7. The molecule has 0 saturated heterocycles. The molecule has 1 aromatic rings. The van der Waals surface area contributed by atoms with Crippen molar-refractivity contribution in [3.8, 4) is 11.5 Å². The van der Waals surface area contributed by atoms with Gasteiger partial charge in [0.05, 0.1) is 11.1 Å². The van der Waals surface area contributed by atoms with E-state index in [1.54, 1.807) is 18.2 Å². The Morgan fingerprint density at radius 1 is 1.35 bits per heavy atom.